The van der Waals surface area contributed by atoms with Crippen LogP contribution in [-0.2, 0) is 61.6 Å². The monoisotopic (exact) mass is 1120 g/mol. The van der Waals surface area contributed by atoms with Crippen molar-refractivity contribution in [3.63, 3.8) is 0 Å². The van der Waals surface area contributed by atoms with Crippen LogP contribution < -0.4 is 11.1 Å². The highest BCUT2D eigenvalue weighted by molar-refractivity contribution is 5.77. The summed E-state index contributed by atoms with van der Waals surface area (Å²) in [5, 5.41) is 186. The van der Waals surface area contributed by atoms with Gasteiger partial charge in [-0.15, -0.1) is 0 Å². The minimum Gasteiger partial charge on any atom is -0.394 e. The molecule has 32 nitrogen and oxygen atoms in total. The Balaban J connectivity index is 1.21. The first kappa shape index (κ1) is 63.4. The van der Waals surface area contributed by atoms with Crippen LogP contribution in [0, 0.1) is 0 Å². The molecule has 6 saturated heterocycles. The molecule has 76 heavy (non-hydrogen) atoms. The number of carbonyl (C=O) groups excluding carboxylic acids is 1. The van der Waals surface area contributed by atoms with E-state index in [1.54, 1.807) is 0 Å². The predicted octanol–water partition coefficient (Wildman–Crippen LogP) is -11.8. The molecule has 0 aromatic heterocycles. The van der Waals surface area contributed by atoms with Gasteiger partial charge in [0.25, 0.3) is 5.91 Å². The summed E-state index contributed by atoms with van der Waals surface area (Å²) in [4.78, 5) is 12.8. The molecular formula is C43H75FN2O30. The maximum Gasteiger partial charge on any atom is 0.251 e. The standard InChI is InChI=1S/C43H75FN2O30/c1-13-21(53)25(57)29(61)40(66-13)76-37-26(58)22(54)14(8-47)69-43(37)74-35-20(46-19(52)7-44)38(67-15(9-48)23(35)55)75-36-24(56)16(10-49)68-42(32(36)64)73-34-18(12-51)71-41(31(63)28(34)60)72-33-17(11-50)70-39(30(62)27(33)59)65-6-4-2-3-5-45/h13-18,20-43,47-51,53-64H,2-12,45H2,1H3,(H,46,52)/t13-,14+,15+,16+,17+,18+,20+,21+,22-,23-,24-,25+,26-,27+,28+,29-,30+,31+,32+,33+,34-,35+,36-,37+,38-,39+,40-,41-,42+,43-/m0/s1. The largest absolute Gasteiger partial charge is 0.394 e. The molecule has 6 rings (SSSR count). The number of alkyl halides is 1. The summed E-state index contributed by atoms with van der Waals surface area (Å²) < 4.78 is 82.7. The van der Waals surface area contributed by atoms with Gasteiger partial charge in [-0.2, -0.15) is 0 Å². The third-order valence-corrected chi connectivity index (χ3v) is 14.0. The molecule has 0 unspecified atom stereocenters. The van der Waals surface area contributed by atoms with Crippen molar-refractivity contribution in [1.29, 1.82) is 0 Å². The van der Waals surface area contributed by atoms with E-state index in [0.29, 0.717) is 25.8 Å². The van der Waals surface area contributed by atoms with E-state index >= 15 is 0 Å². The number of ether oxygens (including phenoxy) is 12. The van der Waals surface area contributed by atoms with E-state index in [9.17, 15) is 96.0 Å². The molecule has 33 heteroatoms. The molecule has 0 bridgehead atoms. The molecule has 0 saturated carbocycles. The first-order valence-corrected chi connectivity index (χ1v) is 24.8. The minimum absolute atomic E-state index is 0.0991. The molecule has 30 atom stereocenters. The molecule has 0 radical (unpaired) electrons. The highest BCUT2D eigenvalue weighted by atomic mass is 19.1. The molecular weight excluding hydrogens is 1040 g/mol. The van der Waals surface area contributed by atoms with Crippen molar-refractivity contribution in [2.24, 2.45) is 5.73 Å². The SMILES string of the molecule is C[C@@H]1O[C@@H](O[C@H]2[C@H](O[C@H]3[C@@H](O)[C@@H](CO)O[C@@H](O[C@H]4[C@@H](O)[C@@H](CO)O[C@H](O[C@@H]5[C@H](O)[C@@H](O)[C@H](O[C@H]6[C@H](O)[C@@H](O)[C@H](OCCCCCN)O[C@@H]6CO)O[C@@H]5CO)[C@@H]4O)[C@@H]3NC(=O)CF)O[C@H](CO)[C@H](O)[C@@H]2O)[C@@H](O)[C@H](O)[C@@H]1O. The van der Waals surface area contributed by atoms with Gasteiger partial charge < -0.3 is 155 Å². The normalized spacial score (nSPS) is 48.4. The van der Waals surface area contributed by atoms with Crippen LogP contribution in [0.5, 0.6) is 0 Å². The van der Waals surface area contributed by atoms with Gasteiger partial charge in [-0.25, -0.2) is 4.39 Å². The maximum absolute atomic E-state index is 14.0. The molecule has 6 aliphatic rings. The van der Waals surface area contributed by atoms with E-state index in [0.717, 1.165) is 0 Å². The molecule has 444 valence electrons. The Bertz CT molecular complexity index is 1740. The van der Waals surface area contributed by atoms with E-state index in [4.69, 9.17) is 62.6 Å². The quantitative estimate of drug-likeness (QED) is 0.0423. The van der Waals surface area contributed by atoms with Crippen molar-refractivity contribution in [2.75, 3.05) is 52.9 Å². The number of nitrogens with one attached hydrogen (secondary N) is 1. The van der Waals surface area contributed by atoms with Gasteiger partial charge in [-0.1, -0.05) is 0 Å². The number of aliphatic hydroxyl groups is 17. The summed E-state index contributed by atoms with van der Waals surface area (Å²) in [7, 11) is 0. The van der Waals surface area contributed by atoms with Crippen LogP contribution in [0.3, 0.4) is 0 Å². The van der Waals surface area contributed by atoms with Gasteiger partial charge in [-0.3, -0.25) is 4.79 Å². The second kappa shape index (κ2) is 28.8. The first-order chi connectivity index (χ1) is 36.2. The third-order valence-electron chi connectivity index (χ3n) is 14.0. The molecule has 20 N–H and O–H groups in total. The van der Waals surface area contributed by atoms with E-state index in [-0.39, 0.29) is 6.61 Å². The van der Waals surface area contributed by atoms with E-state index in [1.807, 2.05) is 0 Å². The molecule has 0 aromatic carbocycles. The summed E-state index contributed by atoms with van der Waals surface area (Å²) >= 11 is 0. The van der Waals surface area contributed by atoms with Crippen LogP contribution in [0.2, 0.25) is 0 Å². The lowest BCUT2D eigenvalue weighted by molar-refractivity contribution is -0.393. The van der Waals surface area contributed by atoms with Crippen molar-refractivity contribution in [1.82, 2.24) is 5.32 Å². The van der Waals surface area contributed by atoms with Gasteiger partial charge >= 0.3 is 0 Å². The Morgan fingerprint density at radius 2 is 0.855 bits per heavy atom. The molecule has 0 aliphatic carbocycles. The van der Waals surface area contributed by atoms with E-state index in [1.165, 1.54) is 6.92 Å². The second-order valence-electron chi connectivity index (χ2n) is 19.2. The number of amides is 1. The Labute approximate surface area is 432 Å². The van der Waals surface area contributed by atoms with Crippen LogP contribution in [0.4, 0.5) is 4.39 Å². The molecule has 6 aliphatic heterocycles. The minimum atomic E-state index is -2.29. The summed E-state index contributed by atoms with van der Waals surface area (Å²) in [6.45, 7) is -4.88. The topological polar surface area (TPSA) is 510 Å². The first-order valence-electron chi connectivity index (χ1n) is 24.8. The van der Waals surface area contributed by atoms with Crippen molar-refractivity contribution in [2.45, 2.75) is 210 Å². The van der Waals surface area contributed by atoms with Gasteiger partial charge in [0.15, 0.2) is 44.4 Å². The van der Waals surface area contributed by atoms with E-state index in [2.05, 4.69) is 5.32 Å². The summed E-state index contributed by atoms with van der Waals surface area (Å²) in [6.07, 6.45) is -52.9. The molecule has 6 heterocycles. The average Bonchev–Trinajstić information content (AvgIpc) is 3.43. The molecule has 0 aromatic rings. The number of halogens is 1. The maximum atomic E-state index is 14.0. The molecule has 1 amide bonds. The number of aliphatic hydroxyl groups excluding tert-OH is 17. The van der Waals surface area contributed by atoms with Gasteiger partial charge in [0.2, 0.25) is 0 Å². The summed E-state index contributed by atoms with van der Waals surface area (Å²) in [5.74, 6) is -1.44. The van der Waals surface area contributed by atoms with Gasteiger partial charge in [-0.05, 0) is 32.7 Å². The number of carbonyl (C=O) groups is 1. The van der Waals surface area contributed by atoms with Crippen LogP contribution in [-0.4, -0.2) is 330 Å². The van der Waals surface area contributed by atoms with Crippen LogP contribution >= 0.6 is 0 Å². The van der Waals surface area contributed by atoms with Crippen LogP contribution in [0.1, 0.15) is 26.2 Å². The van der Waals surface area contributed by atoms with Crippen molar-refractivity contribution < 1.29 is 153 Å². The van der Waals surface area contributed by atoms with Gasteiger partial charge in [0.05, 0.1) is 39.1 Å². The number of rotatable bonds is 23. The predicted molar refractivity (Wildman–Crippen MR) is 236 cm³/mol. The van der Waals surface area contributed by atoms with Crippen LogP contribution in [0.15, 0.2) is 0 Å². The van der Waals surface area contributed by atoms with Gasteiger partial charge in [0.1, 0.15) is 140 Å². The number of hydrogen-bond acceptors (Lipinski definition) is 31. The fraction of sp³-hybridized carbons (Fsp3) is 0.977. The highest BCUT2D eigenvalue weighted by Crippen LogP contribution is 2.37. The lowest BCUT2D eigenvalue weighted by Gasteiger charge is -2.51. The third kappa shape index (κ3) is 14.1. The fourth-order valence-corrected chi connectivity index (χ4v) is 9.58. The number of unbranched alkanes of at least 4 members (excludes halogenated alkanes) is 2. The smallest absolute Gasteiger partial charge is 0.251 e. The van der Waals surface area contributed by atoms with Gasteiger partial charge in [0, 0.05) is 6.61 Å². The lowest BCUT2D eigenvalue weighted by atomic mass is 9.94. The zero-order chi connectivity index (χ0) is 55.9. The zero-order valence-electron chi connectivity index (χ0n) is 41.0. The van der Waals surface area contributed by atoms with Crippen molar-refractivity contribution in [3.8, 4) is 0 Å². The Morgan fingerprint density at radius 3 is 1.42 bits per heavy atom. The Hall–Kier alpha value is -1.80. The zero-order valence-corrected chi connectivity index (χ0v) is 41.0. The summed E-state index contributed by atoms with van der Waals surface area (Å²) in [5.41, 5.74) is 5.50. The number of nitrogens with two attached hydrogens (primary N) is 1. The summed E-state index contributed by atoms with van der Waals surface area (Å²) in [6, 6.07) is -2.02. The van der Waals surface area contributed by atoms with E-state index < -0.39 is 230 Å². The number of hydrogen-bond donors (Lipinski definition) is 19. The average molecular weight is 1120 g/mol. The second-order valence-corrected chi connectivity index (χ2v) is 19.2. The lowest BCUT2D eigenvalue weighted by Crippen LogP contribution is -2.70. The van der Waals surface area contributed by atoms with Crippen LogP contribution in [0.25, 0.3) is 0 Å². The Morgan fingerprint density at radius 1 is 0.434 bits per heavy atom. The van der Waals surface area contributed by atoms with Crippen molar-refractivity contribution >= 4 is 5.91 Å². The molecule has 6 fully saturated rings. The molecule has 0 spiro atoms. The fourth-order valence-electron chi connectivity index (χ4n) is 9.58. The highest BCUT2D eigenvalue weighted by Gasteiger charge is 2.58. The Kier molecular flexibility index (Phi) is 24.0. The van der Waals surface area contributed by atoms with Crippen molar-refractivity contribution in [3.05, 3.63) is 0 Å².